The molecule has 0 bridgehead atoms. The van der Waals surface area contributed by atoms with E-state index in [1.165, 1.54) is 0 Å². The molecule has 2 atom stereocenters. The van der Waals surface area contributed by atoms with Crippen LogP contribution in [0.3, 0.4) is 0 Å². The lowest BCUT2D eigenvalue weighted by atomic mass is 9.93. The Kier molecular flexibility index (Phi) is 2.11. The molecule has 2 heteroatoms. The Balaban J connectivity index is 2.56. The van der Waals surface area contributed by atoms with E-state index < -0.39 is 5.60 Å². The summed E-state index contributed by atoms with van der Waals surface area (Å²) in [5.74, 6) is 0. The third-order valence-electron chi connectivity index (χ3n) is 2.16. The molecule has 0 aromatic carbocycles. The van der Waals surface area contributed by atoms with Crippen molar-refractivity contribution >= 4 is 0 Å². The highest BCUT2D eigenvalue weighted by Gasteiger charge is 2.37. The van der Waals surface area contributed by atoms with Crippen molar-refractivity contribution in [3.63, 3.8) is 0 Å². The van der Waals surface area contributed by atoms with Crippen LogP contribution in [0.1, 0.15) is 19.8 Å². The Morgan fingerprint density at radius 2 is 2.60 bits per heavy atom. The Labute approximate surface area is 61.5 Å². The van der Waals surface area contributed by atoms with Gasteiger partial charge in [0, 0.05) is 13.0 Å². The molecule has 1 N–H and O–H groups in total. The summed E-state index contributed by atoms with van der Waals surface area (Å²) in [6, 6.07) is 0. The number of hydrogen-bond acceptors (Lipinski definition) is 2. The van der Waals surface area contributed by atoms with Gasteiger partial charge in [-0.1, -0.05) is 6.08 Å². The standard InChI is InChI=1S/C8H14O2/c1-3-4-8(9)5-6-10-7(8)2/h3,7,9H,1,4-6H2,2H3. The first-order valence-electron chi connectivity index (χ1n) is 3.64. The van der Waals surface area contributed by atoms with Crippen LogP contribution in [-0.2, 0) is 4.74 Å². The van der Waals surface area contributed by atoms with E-state index in [0.717, 1.165) is 6.42 Å². The van der Waals surface area contributed by atoms with E-state index in [1.807, 2.05) is 6.92 Å². The van der Waals surface area contributed by atoms with Gasteiger partial charge in [0.05, 0.1) is 11.7 Å². The van der Waals surface area contributed by atoms with Gasteiger partial charge in [-0.2, -0.15) is 0 Å². The second kappa shape index (κ2) is 2.72. The average molecular weight is 142 g/mol. The first-order chi connectivity index (χ1) is 4.69. The third kappa shape index (κ3) is 1.22. The summed E-state index contributed by atoms with van der Waals surface area (Å²) in [5.41, 5.74) is -0.637. The molecule has 0 aromatic rings. The quantitative estimate of drug-likeness (QED) is 0.585. The minimum Gasteiger partial charge on any atom is -0.387 e. The van der Waals surface area contributed by atoms with E-state index >= 15 is 0 Å². The van der Waals surface area contributed by atoms with Crippen molar-refractivity contribution in [2.75, 3.05) is 6.61 Å². The molecule has 1 saturated heterocycles. The molecule has 0 aromatic heterocycles. The van der Waals surface area contributed by atoms with Crippen LogP contribution < -0.4 is 0 Å². The van der Waals surface area contributed by atoms with Crippen LogP contribution in [0.15, 0.2) is 12.7 Å². The van der Waals surface area contributed by atoms with Crippen molar-refractivity contribution < 1.29 is 9.84 Å². The lowest BCUT2D eigenvalue weighted by Gasteiger charge is -2.23. The number of ether oxygens (including phenoxy) is 1. The van der Waals surface area contributed by atoms with Gasteiger partial charge in [0.2, 0.25) is 0 Å². The molecular weight excluding hydrogens is 128 g/mol. The van der Waals surface area contributed by atoms with E-state index in [0.29, 0.717) is 13.0 Å². The summed E-state index contributed by atoms with van der Waals surface area (Å²) >= 11 is 0. The predicted octanol–water partition coefficient (Wildman–Crippen LogP) is 1.10. The topological polar surface area (TPSA) is 29.5 Å². The average Bonchev–Trinajstić information content (AvgIpc) is 2.15. The molecule has 1 rings (SSSR count). The largest absolute Gasteiger partial charge is 0.387 e. The Hall–Kier alpha value is -0.340. The summed E-state index contributed by atoms with van der Waals surface area (Å²) in [7, 11) is 0. The zero-order valence-corrected chi connectivity index (χ0v) is 6.34. The monoisotopic (exact) mass is 142 g/mol. The van der Waals surface area contributed by atoms with Gasteiger partial charge in [0.15, 0.2) is 0 Å². The minimum atomic E-state index is -0.637. The molecule has 1 heterocycles. The van der Waals surface area contributed by atoms with Gasteiger partial charge >= 0.3 is 0 Å². The summed E-state index contributed by atoms with van der Waals surface area (Å²) in [6.45, 7) is 6.16. The molecule has 1 fully saturated rings. The van der Waals surface area contributed by atoms with Gasteiger partial charge in [-0.05, 0) is 13.3 Å². The number of aliphatic hydroxyl groups is 1. The SMILES string of the molecule is C=CCC1(O)CCOC1C. The number of rotatable bonds is 2. The van der Waals surface area contributed by atoms with Crippen LogP contribution in [0, 0.1) is 0 Å². The van der Waals surface area contributed by atoms with E-state index in [-0.39, 0.29) is 6.10 Å². The van der Waals surface area contributed by atoms with Crippen LogP contribution in [0.25, 0.3) is 0 Å². The second-order valence-electron chi connectivity index (χ2n) is 2.86. The van der Waals surface area contributed by atoms with Crippen LogP contribution in [-0.4, -0.2) is 23.4 Å². The van der Waals surface area contributed by atoms with Crippen molar-refractivity contribution in [2.45, 2.75) is 31.5 Å². The van der Waals surface area contributed by atoms with Crippen LogP contribution in [0.5, 0.6) is 0 Å². The molecule has 0 spiro atoms. The van der Waals surface area contributed by atoms with E-state index in [2.05, 4.69) is 6.58 Å². The van der Waals surface area contributed by atoms with Gasteiger partial charge in [0.25, 0.3) is 0 Å². The summed E-state index contributed by atoms with van der Waals surface area (Å²) in [4.78, 5) is 0. The van der Waals surface area contributed by atoms with Gasteiger partial charge in [0.1, 0.15) is 0 Å². The molecule has 10 heavy (non-hydrogen) atoms. The number of hydrogen-bond donors (Lipinski definition) is 1. The molecule has 2 unspecified atom stereocenters. The molecular formula is C8H14O2. The predicted molar refractivity (Wildman–Crippen MR) is 39.8 cm³/mol. The normalized spacial score (nSPS) is 40.0. The van der Waals surface area contributed by atoms with Gasteiger partial charge in [-0.3, -0.25) is 0 Å². The van der Waals surface area contributed by atoms with Gasteiger partial charge < -0.3 is 9.84 Å². The Morgan fingerprint density at radius 3 is 3.00 bits per heavy atom. The molecule has 0 amide bonds. The van der Waals surface area contributed by atoms with Crippen LogP contribution >= 0.6 is 0 Å². The maximum Gasteiger partial charge on any atom is 0.0961 e. The van der Waals surface area contributed by atoms with Crippen molar-refractivity contribution in [3.05, 3.63) is 12.7 Å². The fraction of sp³-hybridized carbons (Fsp3) is 0.750. The maximum atomic E-state index is 9.76. The van der Waals surface area contributed by atoms with Gasteiger partial charge in [-0.15, -0.1) is 6.58 Å². The molecule has 0 saturated carbocycles. The highest BCUT2D eigenvalue weighted by molar-refractivity contribution is 4.94. The van der Waals surface area contributed by atoms with Crippen LogP contribution in [0.4, 0.5) is 0 Å². The lowest BCUT2D eigenvalue weighted by Crippen LogP contribution is -2.35. The summed E-state index contributed by atoms with van der Waals surface area (Å²) in [6.07, 6.45) is 3.07. The first kappa shape index (κ1) is 7.76. The Morgan fingerprint density at radius 1 is 1.90 bits per heavy atom. The maximum absolute atomic E-state index is 9.76. The van der Waals surface area contributed by atoms with Crippen molar-refractivity contribution in [3.8, 4) is 0 Å². The van der Waals surface area contributed by atoms with Crippen LogP contribution in [0.2, 0.25) is 0 Å². The molecule has 0 aliphatic carbocycles. The Bertz CT molecular complexity index is 133. The molecule has 1 aliphatic rings. The van der Waals surface area contributed by atoms with Crippen molar-refractivity contribution in [1.29, 1.82) is 0 Å². The second-order valence-corrected chi connectivity index (χ2v) is 2.86. The highest BCUT2D eigenvalue weighted by atomic mass is 16.5. The molecule has 1 aliphatic heterocycles. The fourth-order valence-electron chi connectivity index (χ4n) is 1.29. The summed E-state index contributed by atoms with van der Waals surface area (Å²) < 4.78 is 5.22. The van der Waals surface area contributed by atoms with Crippen molar-refractivity contribution in [1.82, 2.24) is 0 Å². The highest BCUT2D eigenvalue weighted by Crippen LogP contribution is 2.28. The molecule has 2 nitrogen and oxygen atoms in total. The van der Waals surface area contributed by atoms with E-state index in [4.69, 9.17) is 4.74 Å². The zero-order valence-electron chi connectivity index (χ0n) is 6.34. The van der Waals surface area contributed by atoms with Gasteiger partial charge in [-0.25, -0.2) is 0 Å². The smallest absolute Gasteiger partial charge is 0.0961 e. The third-order valence-corrected chi connectivity index (χ3v) is 2.16. The minimum absolute atomic E-state index is 0.0366. The first-order valence-corrected chi connectivity index (χ1v) is 3.64. The zero-order chi connectivity index (χ0) is 7.61. The summed E-state index contributed by atoms with van der Waals surface area (Å²) in [5, 5.41) is 9.76. The van der Waals surface area contributed by atoms with Crippen molar-refractivity contribution in [2.24, 2.45) is 0 Å². The fourth-order valence-corrected chi connectivity index (χ4v) is 1.29. The molecule has 0 radical (unpaired) electrons. The van der Waals surface area contributed by atoms with E-state index in [1.54, 1.807) is 6.08 Å². The lowest BCUT2D eigenvalue weighted by molar-refractivity contribution is -0.0249. The molecule has 58 valence electrons. The van der Waals surface area contributed by atoms with E-state index in [9.17, 15) is 5.11 Å².